The van der Waals surface area contributed by atoms with E-state index in [9.17, 15) is 19.2 Å². The summed E-state index contributed by atoms with van der Waals surface area (Å²) in [4.78, 5) is 49.1. The summed E-state index contributed by atoms with van der Waals surface area (Å²) in [5.41, 5.74) is 6.36. The molecule has 1 aliphatic rings. The third kappa shape index (κ3) is 4.55. The van der Waals surface area contributed by atoms with Gasteiger partial charge in [-0.3, -0.25) is 19.3 Å². The number of urea groups is 1. The van der Waals surface area contributed by atoms with Crippen LogP contribution in [0.2, 0.25) is 5.02 Å². The van der Waals surface area contributed by atoms with Crippen molar-refractivity contribution < 1.29 is 23.9 Å². The number of primary amides is 1. The van der Waals surface area contributed by atoms with Crippen molar-refractivity contribution >= 4 is 35.4 Å². The van der Waals surface area contributed by atoms with Crippen molar-refractivity contribution in [2.24, 2.45) is 5.73 Å². The number of imide groups is 1. The number of esters is 1. The Hall–Kier alpha value is -3.39. The zero-order valence-electron chi connectivity index (χ0n) is 15.3. The second kappa shape index (κ2) is 8.74. The number of rotatable bonds is 7. The number of hydrogen-bond acceptors (Lipinski definition) is 5. The lowest BCUT2D eigenvalue weighted by Gasteiger charge is -2.19. The Morgan fingerprint density at radius 1 is 1.03 bits per heavy atom. The minimum atomic E-state index is -0.811. The standard InChI is InChI=1S/C20H18ClN3O5/c21-15-8-4-3-7-14(15)16(23-20(22)28)11-17(25)29-10-9-24-18(26)12-5-1-2-6-13(12)19(24)27/h1-8,16H,9-11H2,(H3,22,23,28). The van der Waals surface area contributed by atoms with Crippen molar-refractivity contribution in [2.45, 2.75) is 12.5 Å². The maximum Gasteiger partial charge on any atom is 0.312 e. The van der Waals surface area contributed by atoms with Crippen LogP contribution in [0.15, 0.2) is 48.5 Å². The fourth-order valence-corrected chi connectivity index (χ4v) is 3.35. The molecular formula is C20H18ClN3O5. The van der Waals surface area contributed by atoms with E-state index >= 15 is 0 Å². The third-order valence-electron chi connectivity index (χ3n) is 4.42. The number of carbonyl (C=O) groups is 4. The molecule has 4 amide bonds. The van der Waals surface area contributed by atoms with Gasteiger partial charge in [-0.1, -0.05) is 41.9 Å². The van der Waals surface area contributed by atoms with Crippen LogP contribution in [0.4, 0.5) is 4.79 Å². The molecule has 9 heteroatoms. The maximum atomic E-state index is 12.3. The first-order valence-electron chi connectivity index (χ1n) is 8.79. The Labute approximate surface area is 171 Å². The molecule has 2 aromatic rings. The highest BCUT2D eigenvalue weighted by molar-refractivity contribution is 6.31. The molecule has 1 unspecified atom stereocenters. The maximum absolute atomic E-state index is 12.3. The minimum Gasteiger partial charge on any atom is -0.464 e. The molecule has 0 aromatic heterocycles. The topological polar surface area (TPSA) is 119 Å². The zero-order chi connectivity index (χ0) is 21.0. The lowest BCUT2D eigenvalue weighted by molar-refractivity contribution is -0.144. The Morgan fingerprint density at radius 2 is 1.62 bits per heavy atom. The van der Waals surface area contributed by atoms with Crippen molar-refractivity contribution in [2.75, 3.05) is 13.2 Å². The summed E-state index contributed by atoms with van der Waals surface area (Å²) in [6.07, 6.45) is -0.214. The summed E-state index contributed by atoms with van der Waals surface area (Å²) in [7, 11) is 0. The highest BCUT2D eigenvalue weighted by Crippen LogP contribution is 2.25. The van der Waals surface area contributed by atoms with Crippen LogP contribution >= 0.6 is 11.6 Å². The second-order valence-corrected chi connectivity index (χ2v) is 6.72. The van der Waals surface area contributed by atoms with Crippen LogP contribution in [-0.2, 0) is 9.53 Å². The first-order chi connectivity index (χ1) is 13.9. The van der Waals surface area contributed by atoms with Crippen molar-refractivity contribution in [1.82, 2.24) is 10.2 Å². The first-order valence-corrected chi connectivity index (χ1v) is 9.17. The number of nitrogens with two attached hydrogens (primary N) is 1. The molecule has 0 saturated carbocycles. The molecule has 3 rings (SSSR count). The van der Waals surface area contributed by atoms with E-state index in [0.717, 1.165) is 4.90 Å². The Bertz CT molecular complexity index is 943. The quantitative estimate of drug-likeness (QED) is 0.531. The van der Waals surface area contributed by atoms with Crippen LogP contribution in [0.1, 0.15) is 38.7 Å². The fourth-order valence-electron chi connectivity index (χ4n) is 3.09. The van der Waals surface area contributed by atoms with Crippen LogP contribution in [0.3, 0.4) is 0 Å². The lowest BCUT2D eigenvalue weighted by Crippen LogP contribution is -2.36. The molecule has 8 nitrogen and oxygen atoms in total. The molecule has 0 spiro atoms. The van der Waals surface area contributed by atoms with Gasteiger partial charge in [0, 0.05) is 5.02 Å². The highest BCUT2D eigenvalue weighted by atomic mass is 35.5. The highest BCUT2D eigenvalue weighted by Gasteiger charge is 2.34. The molecule has 0 aliphatic carbocycles. The fraction of sp³-hybridized carbons (Fsp3) is 0.200. The van der Waals surface area contributed by atoms with Gasteiger partial charge in [-0.05, 0) is 23.8 Å². The molecule has 0 bridgehead atoms. The van der Waals surface area contributed by atoms with E-state index in [1.807, 2.05) is 0 Å². The summed E-state index contributed by atoms with van der Waals surface area (Å²) in [6, 6.07) is 11.6. The Kier molecular flexibility index (Phi) is 6.13. The summed E-state index contributed by atoms with van der Waals surface area (Å²) >= 11 is 6.13. The number of amides is 4. The third-order valence-corrected chi connectivity index (χ3v) is 4.77. The van der Waals surface area contributed by atoms with E-state index in [-0.39, 0.29) is 19.6 Å². The van der Waals surface area contributed by atoms with E-state index in [2.05, 4.69) is 5.32 Å². The Morgan fingerprint density at radius 3 is 2.21 bits per heavy atom. The molecule has 0 radical (unpaired) electrons. The first kappa shape index (κ1) is 20.3. The van der Waals surface area contributed by atoms with E-state index in [4.69, 9.17) is 22.1 Å². The number of nitrogens with zero attached hydrogens (tertiary/aromatic N) is 1. The van der Waals surface area contributed by atoms with Gasteiger partial charge in [0.2, 0.25) is 0 Å². The number of hydrogen-bond donors (Lipinski definition) is 2. The zero-order valence-corrected chi connectivity index (χ0v) is 16.0. The van der Waals surface area contributed by atoms with Gasteiger partial charge in [0.15, 0.2) is 0 Å². The molecule has 0 saturated heterocycles. The largest absolute Gasteiger partial charge is 0.464 e. The number of carbonyl (C=O) groups excluding carboxylic acids is 4. The molecule has 2 aromatic carbocycles. The van der Waals surface area contributed by atoms with Gasteiger partial charge in [0.05, 0.1) is 30.1 Å². The predicted octanol–water partition coefficient (Wildman–Crippen LogP) is 2.28. The summed E-state index contributed by atoms with van der Waals surface area (Å²) < 4.78 is 5.15. The normalized spacial score (nSPS) is 13.8. The minimum absolute atomic E-state index is 0.0713. The van der Waals surface area contributed by atoms with Gasteiger partial charge in [-0.2, -0.15) is 0 Å². The van der Waals surface area contributed by atoms with Gasteiger partial charge in [-0.15, -0.1) is 0 Å². The summed E-state index contributed by atoms with van der Waals surface area (Å²) in [5.74, 6) is -1.49. The van der Waals surface area contributed by atoms with E-state index < -0.39 is 29.9 Å². The second-order valence-electron chi connectivity index (χ2n) is 6.31. The molecule has 1 aliphatic heterocycles. The van der Waals surface area contributed by atoms with Crippen LogP contribution in [0, 0.1) is 0 Å². The molecule has 3 N–H and O–H groups in total. The molecule has 0 fully saturated rings. The van der Waals surface area contributed by atoms with Crippen molar-refractivity contribution in [3.8, 4) is 0 Å². The number of ether oxygens (including phenoxy) is 1. The van der Waals surface area contributed by atoms with Crippen LogP contribution in [0.5, 0.6) is 0 Å². The van der Waals surface area contributed by atoms with E-state index in [0.29, 0.717) is 21.7 Å². The summed E-state index contributed by atoms with van der Waals surface area (Å²) in [6.45, 7) is -0.242. The van der Waals surface area contributed by atoms with Crippen molar-refractivity contribution in [3.63, 3.8) is 0 Å². The van der Waals surface area contributed by atoms with Crippen molar-refractivity contribution in [1.29, 1.82) is 0 Å². The van der Waals surface area contributed by atoms with Gasteiger partial charge in [0.1, 0.15) is 6.61 Å². The van der Waals surface area contributed by atoms with Crippen molar-refractivity contribution in [3.05, 3.63) is 70.2 Å². The average molecular weight is 416 g/mol. The van der Waals surface area contributed by atoms with Crippen LogP contribution < -0.4 is 11.1 Å². The smallest absolute Gasteiger partial charge is 0.312 e. The van der Waals surface area contributed by atoms with Gasteiger partial charge in [0.25, 0.3) is 11.8 Å². The molecule has 1 atom stereocenters. The lowest BCUT2D eigenvalue weighted by atomic mass is 10.0. The van der Waals surface area contributed by atoms with Gasteiger partial charge in [-0.25, -0.2) is 4.79 Å². The van der Waals surface area contributed by atoms with Crippen LogP contribution in [-0.4, -0.2) is 41.9 Å². The SMILES string of the molecule is NC(=O)NC(CC(=O)OCCN1C(=O)c2ccccc2C1=O)c1ccccc1Cl. The monoisotopic (exact) mass is 415 g/mol. The van der Waals surface area contributed by atoms with Gasteiger partial charge >= 0.3 is 12.0 Å². The van der Waals surface area contributed by atoms with Gasteiger partial charge < -0.3 is 15.8 Å². The number of halogens is 1. The molecular weight excluding hydrogens is 398 g/mol. The average Bonchev–Trinajstić information content (AvgIpc) is 2.93. The molecule has 29 heavy (non-hydrogen) atoms. The number of nitrogens with one attached hydrogen (secondary N) is 1. The number of fused-ring (bicyclic) bond motifs is 1. The predicted molar refractivity (Wildman–Crippen MR) is 104 cm³/mol. The molecule has 1 heterocycles. The van der Waals surface area contributed by atoms with E-state index in [1.54, 1.807) is 48.5 Å². The number of benzene rings is 2. The molecule has 150 valence electrons. The summed E-state index contributed by atoms with van der Waals surface area (Å²) in [5, 5.41) is 2.83. The van der Waals surface area contributed by atoms with E-state index in [1.165, 1.54) is 0 Å². The van der Waals surface area contributed by atoms with Crippen LogP contribution in [0.25, 0.3) is 0 Å². The Balaban J connectivity index is 1.58.